The van der Waals surface area contributed by atoms with Crippen LogP contribution in [0, 0.1) is 23.5 Å². The summed E-state index contributed by atoms with van der Waals surface area (Å²) in [6.07, 6.45) is 3.47. The minimum atomic E-state index is -5.08. The maximum absolute atomic E-state index is 13.5. The van der Waals surface area contributed by atoms with Gasteiger partial charge in [0.1, 0.15) is 59.9 Å². The van der Waals surface area contributed by atoms with Crippen molar-refractivity contribution in [2.24, 2.45) is 17.6 Å². The topological polar surface area (TPSA) is 186 Å². The molecule has 3 fully saturated rings. The van der Waals surface area contributed by atoms with E-state index >= 15 is 0 Å². The molecule has 5 N–H and O–H groups in total. The van der Waals surface area contributed by atoms with Crippen molar-refractivity contribution < 1.29 is 60.8 Å². The van der Waals surface area contributed by atoms with E-state index in [0.29, 0.717) is 82.8 Å². The van der Waals surface area contributed by atoms with Crippen molar-refractivity contribution in [2.45, 2.75) is 94.7 Å². The van der Waals surface area contributed by atoms with Gasteiger partial charge in [-0.15, -0.1) is 0 Å². The Morgan fingerprint density at radius 1 is 0.707 bits per heavy atom. The van der Waals surface area contributed by atoms with Gasteiger partial charge in [-0.05, 0) is 136 Å². The number of carboxylic acid groups (broad SMARTS) is 1. The maximum atomic E-state index is 13.5. The van der Waals surface area contributed by atoms with Gasteiger partial charge in [0, 0.05) is 64.4 Å². The number of aromatic nitrogens is 2. The first kappa shape index (κ1) is 59.0. The molecular weight excluding hydrogens is 1070 g/mol. The average Bonchev–Trinajstić information content (AvgIpc) is 3.95. The number of ketones is 2. The molecule has 3 heterocycles. The van der Waals surface area contributed by atoms with E-state index in [2.05, 4.69) is 15.3 Å². The van der Waals surface area contributed by atoms with E-state index in [4.69, 9.17) is 76.2 Å². The Labute approximate surface area is 450 Å². The monoisotopic (exact) mass is 1120 g/mol. The number of aliphatic hydroxyl groups is 1. The number of halogens is 9. The highest BCUT2D eigenvalue weighted by molar-refractivity contribution is 6.32. The van der Waals surface area contributed by atoms with E-state index in [0.717, 1.165) is 79.8 Å². The van der Waals surface area contributed by atoms with Crippen molar-refractivity contribution in [1.82, 2.24) is 15.3 Å². The van der Waals surface area contributed by atoms with Crippen LogP contribution in [0.15, 0.2) is 97.1 Å². The number of nitrogens with one attached hydrogen (secondary N) is 1. The highest BCUT2D eigenvalue weighted by Gasteiger charge is 2.38. The molecule has 75 heavy (non-hydrogen) atoms. The van der Waals surface area contributed by atoms with Crippen molar-refractivity contribution >= 4 is 85.7 Å². The van der Waals surface area contributed by atoms with Gasteiger partial charge in [0.15, 0.2) is 11.6 Å². The first-order chi connectivity index (χ1) is 35.7. The third-order valence-electron chi connectivity index (χ3n) is 12.5. The summed E-state index contributed by atoms with van der Waals surface area (Å²) in [7, 11) is 0. The van der Waals surface area contributed by atoms with Crippen molar-refractivity contribution in [1.29, 1.82) is 0 Å². The molecule has 2 saturated carbocycles. The molecule has 6 unspecified atom stereocenters. The number of hydrogen-bond acceptors (Lipinski definition) is 11. The third kappa shape index (κ3) is 19.7. The molecule has 12 nitrogen and oxygen atoms in total. The van der Waals surface area contributed by atoms with Gasteiger partial charge in [0.2, 0.25) is 0 Å². The highest BCUT2D eigenvalue weighted by atomic mass is 35.5. The zero-order chi connectivity index (χ0) is 54.2. The number of rotatable bonds is 17. The molecule has 3 aliphatic rings. The first-order valence-electron chi connectivity index (χ1n) is 24.1. The van der Waals surface area contributed by atoms with Gasteiger partial charge in [-0.1, -0.05) is 58.5 Å². The molecule has 0 bridgehead atoms. The normalized spacial score (nSPS) is 19.2. The molecule has 9 rings (SSSR count). The summed E-state index contributed by atoms with van der Waals surface area (Å²) >= 11 is 23.1. The number of alkyl halides is 3. The molecule has 0 radical (unpaired) electrons. The molecule has 6 atom stereocenters. The number of pyridine rings is 2. The Morgan fingerprint density at radius 2 is 1.20 bits per heavy atom. The predicted molar refractivity (Wildman–Crippen MR) is 278 cm³/mol. The van der Waals surface area contributed by atoms with Crippen LogP contribution in [0.2, 0.25) is 20.1 Å². The number of nitrogens with two attached hydrogens (primary N) is 1. The second kappa shape index (κ2) is 28.2. The minimum Gasteiger partial charge on any atom is -0.491 e. The molecule has 0 amide bonds. The lowest BCUT2D eigenvalue weighted by Gasteiger charge is -2.17. The fourth-order valence-corrected chi connectivity index (χ4v) is 8.97. The number of carboxylic acids is 1. The van der Waals surface area contributed by atoms with E-state index < -0.39 is 29.9 Å². The summed E-state index contributed by atoms with van der Waals surface area (Å²) in [4.78, 5) is 42.8. The summed E-state index contributed by atoms with van der Waals surface area (Å²) in [5, 5.41) is 24.0. The highest BCUT2D eigenvalue weighted by Crippen LogP contribution is 2.31. The van der Waals surface area contributed by atoms with Crippen LogP contribution in [0.1, 0.15) is 85.2 Å². The summed E-state index contributed by atoms with van der Waals surface area (Å²) in [5.41, 5.74) is 8.53. The SMILES string of the molecule is Fc1cc(OCC2CO2)ccc1Cl.NC1CCC(CCC(=O)c2ccc3cc(Cl)ccc3n2)C1.O=C(CCC1CCC(NCC(O)COc2ccc(Cl)c(F)c2)C1)c1ccc2cc(Cl)ccc2n1.O=C(O)C(F)(F)F. The minimum absolute atomic E-state index is 0.0333. The number of carbonyl (C=O) groups is 3. The van der Waals surface area contributed by atoms with Gasteiger partial charge in [-0.3, -0.25) is 9.59 Å². The van der Waals surface area contributed by atoms with Crippen LogP contribution in [0.3, 0.4) is 0 Å². The second-order valence-corrected chi connectivity index (χ2v) is 20.1. The molecule has 2 aromatic heterocycles. The molecule has 4 aromatic carbocycles. The summed E-state index contributed by atoms with van der Waals surface area (Å²) in [5.74, 6) is -1.72. The van der Waals surface area contributed by atoms with Crippen molar-refractivity contribution in [2.75, 3.05) is 26.4 Å². The zero-order valence-corrected chi connectivity index (χ0v) is 43.3. The first-order valence-corrected chi connectivity index (χ1v) is 25.6. The molecular formula is C54H55Cl4F5N4O8. The Bertz CT molecular complexity index is 2900. The fraction of sp³-hybridized carbons (Fsp3) is 0.389. The van der Waals surface area contributed by atoms with Crippen LogP contribution in [0.25, 0.3) is 21.8 Å². The van der Waals surface area contributed by atoms with Crippen LogP contribution in [0.5, 0.6) is 11.5 Å². The zero-order valence-electron chi connectivity index (χ0n) is 40.3. The Morgan fingerprint density at radius 3 is 1.67 bits per heavy atom. The van der Waals surface area contributed by atoms with Gasteiger partial charge in [-0.2, -0.15) is 13.2 Å². The number of nitrogens with zero attached hydrogens (tertiary/aromatic N) is 2. The van der Waals surface area contributed by atoms with Crippen LogP contribution in [-0.4, -0.2) is 94.6 Å². The largest absolute Gasteiger partial charge is 0.491 e. The van der Waals surface area contributed by atoms with E-state index in [1.165, 1.54) is 24.3 Å². The Kier molecular flexibility index (Phi) is 22.2. The second-order valence-electron chi connectivity index (χ2n) is 18.4. The number of fused-ring (bicyclic) bond motifs is 2. The lowest BCUT2D eigenvalue weighted by molar-refractivity contribution is -0.192. The fourth-order valence-electron chi connectivity index (χ4n) is 8.37. The molecule has 0 spiro atoms. The van der Waals surface area contributed by atoms with Crippen LogP contribution in [0.4, 0.5) is 22.0 Å². The lowest BCUT2D eigenvalue weighted by Crippen LogP contribution is -2.36. The van der Waals surface area contributed by atoms with E-state index in [-0.39, 0.29) is 34.3 Å². The number of Topliss-reactive ketones (excluding diaryl/α,β-unsaturated/α-hetero) is 2. The van der Waals surface area contributed by atoms with Crippen LogP contribution < -0.4 is 20.5 Å². The van der Waals surface area contributed by atoms with Gasteiger partial charge in [-0.25, -0.2) is 23.5 Å². The molecule has 2 aliphatic carbocycles. The smallest absolute Gasteiger partial charge is 0.490 e. The van der Waals surface area contributed by atoms with Gasteiger partial charge < -0.3 is 35.5 Å². The number of aliphatic carboxylic acids is 1. The van der Waals surface area contributed by atoms with Gasteiger partial charge >= 0.3 is 12.1 Å². The molecule has 1 aliphatic heterocycles. The number of ether oxygens (including phenoxy) is 3. The quantitative estimate of drug-likeness (QED) is 0.0385. The van der Waals surface area contributed by atoms with Gasteiger partial charge in [0.05, 0.1) is 27.7 Å². The number of aliphatic hydroxyl groups excluding tert-OH is 1. The van der Waals surface area contributed by atoms with Crippen LogP contribution >= 0.6 is 46.4 Å². The molecule has 21 heteroatoms. The molecule has 402 valence electrons. The number of carbonyl (C=O) groups excluding carboxylic acids is 2. The van der Waals surface area contributed by atoms with Gasteiger partial charge in [0.25, 0.3) is 0 Å². The van der Waals surface area contributed by atoms with Crippen molar-refractivity contribution in [3.63, 3.8) is 0 Å². The Balaban J connectivity index is 0.000000188. The van der Waals surface area contributed by atoms with Crippen molar-refractivity contribution in [3.8, 4) is 11.5 Å². The maximum Gasteiger partial charge on any atom is 0.490 e. The van der Waals surface area contributed by atoms with E-state index in [1.54, 1.807) is 36.4 Å². The standard InChI is InChI=1S/C26H27Cl2FN2O3.C17H19ClN2O.C9H8ClFO2.C2HF3O2/c27-18-4-9-24-17(12-18)3-8-25(31-24)26(33)10-2-16-1-5-19(11-16)30-14-20(32)15-34-21-6-7-22(28)23(29)13-21;18-13-4-7-15-12(10-13)3-6-16(20-15)17(21)8-2-11-1-5-14(19)9-11;10-8-2-1-6(3-9(8)11)12-4-7-5-13-7;3-2(4,5)1(6)7/h3-4,6-9,12-13,16,19-20,30,32H,1-2,5,10-11,14-15H2;3-4,6-7,10-11,14H,1-2,5,8-9,19H2;1-3,7H,4-5H2;(H,6,7). The molecule has 1 saturated heterocycles. The summed E-state index contributed by atoms with van der Waals surface area (Å²) < 4.78 is 73.7. The Hall–Kier alpha value is -5.24. The predicted octanol–water partition coefficient (Wildman–Crippen LogP) is 12.7. The van der Waals surface area contributed by atoms with Crippen molar-refractivity contribution in [3.05, 3.63) is 140 Å². The average molecular weight is 1120 g/mol. The third-order valence-corrected chi connectivity index (χ3v) is 13.6. The number of benzene rings is 4. The van der Waals surface area contributed by atoms with E-state index in [1.807, 2.05) is 36.4 Å². The summed E-state index contributed by atoms with van der Waals surface area (Å²) in [6, 6.07) is 27.5. The number of epoxide rings is 1. The number of hydrogen-bond donors (Lipinski definition) is 4. The van der Waals surface area contributed by atoms with E-state index in [9.17, 15) is 36.6 Å². The van der Waals surface area contributed by atoms with Crippen LogP contribution in [-0.2, 0) is 9.53 Å². The lowest BCUT2D eigenvalue weighted by atomic mass is 9.98. The molecule has 6 aromatic rings. The summed E-state index contributed by atoms with van der Waals surface area (Å²) in [6.45, 7) is 1.65.